The van der Waals surface area contributed by atoms with Crippen LogP contribution in [-0.2, 0) is 25.5 Å². The molecule has 0 spiro atoms. The van der Waals surface area contributed by atoms with Crippen molar-refractivity contribution in [3.05, 3.63) is 35.9 Å². The van der Waals surface area contributed by atoms with Crippen LogP contribution in [-0.4, -0.2) is 48.7 Å². The summed E-state index contributed by atoms with van der Waals surface area (Å²) in [6, 6.07) is 10.1. The fraction of sp³-hybridized carbons (Fsp3) is 0.556. The molecule has 5 nitrogen and oxygen atoms in total. The van der Waals surface area contributed by atoms with E-state index in [2.05, 4.69) is 16.9 Å². The molecule has 1 aromatic rings. The summed E-state index contributed by atoms with van der Waals surface area (Å²) in [5.74, 6) is -0.381. The summed E-state index contributed by atoms with van der Waals surface area (Å²) in [6.45, 7) is 5.02. The van der Waals surface area contributed by atoms with Crippen LogP contribution in [0.2, 0.25) is 0 Å². The van der Waals surface area contributed by atoms with E-state index < -0.39 is 0 Å². The molecule has 1 aliphatic heterocycles. The van der Waals surface area contributed by atoms with Crippen molar-refractivity contribution in [2.75, 3.05) is 20.3 Å². The second-order valence-corrected chi connectivity index (χ2v) is 6.51. The van der Waals surface area contributed by atoms with Crippen LogP contribution >= 0.6 is 0 Å². The van der Waals surface area contributed by atoms with E-state index in [0.717, 1.165) is 6.42 Å². The Bertz CT molecular complexity index is 541. The van der Waals surface area contributed by atoms with Gasteiger partial charge in [-0.2, -0.15) is 0 Å². The monoisotopic (exact) mass is 319 g/mol. The summed E-state index contributed by atoms with van der Waals surface area (Å²) in [5, 5.41) is 0. The molecule has 1 aromatic carbocycles. The second kappa shape index (κ2) is 7.59. The first-order valence-electron chi connectivity index (χ1n) is 7.94. The van der Waals surface area contributed by atoms with E-state index in [0.29, 0.717) is 13.2 Å². The highest BCUT2D eigenvalue weighted by Crippen LogP contribution is 2.27. The Morgan fingerprint density at radius 3 is 2.61 bits per heavy atom. The zero-order valence-corrected chi connectivity index (χ0v) is 14.1. The Morgan fingerprint density at radius 1 is 1.26 bits per heavy atom. The molecule has 0 radical (unpaired) electrons. The van der Waals surface area contributed by atoms with Crippen molar-refractivity contribution >= 4 is 11.9 Å². The Balaban J connectivity index is 2.11. The molecule has 1 fully saturated rings. The van der Waals surface area contributed by atoms with Gasteiger partial charge in [0.05, 0.1) is 38.3 Å². The lowest BCUT2D eigenvalue weighted by Gasteiger charge is -2.47. The van der Waals surface area contributed by atoms with Crippen LogP contribution in [0, 0.1) is 0 Å². The molecule has 5 heteroatoms. The van der Waals surface area contributed by atoms with Gasteiger partial charge in [0, 0.05) is 6.42 Å². The predicted molar refractivity (Wildman–Crippen MR) is 86.9 cm³/mol. The minimum atomic E-state index is -0.384. The Kier molecular flexibility index (Phi) is 5.77. The summed E-state index contributed by atoms with van der Waals surface area (Å²) in [4.78, 5) is 25.9. The number of ether oxygens (including phenoxy) is 2. The van der Waals surface area contributed by atoms with Crippen LogP contribution in [0.15, 0.2) is 30.3 Å². The van der Waals surface area contributed by atoms with Gasteiger partial charge in [0.1, 0.15) is 0 Å². The molecule has 1 atom stereocenters. The number of rotatable bonds is 5. The van der Waals surface area contributed by atoms with Crippen LogP contribution in [0.25, 0.3) is 0 Å². The zero-order chi connectivity index (χ0) is 16.9. The van der Waals surface area contributed by atoms with E-state index in [1.54, 1.807) is 0 Å². The van der Waals surface area contributed by atoms with Crippen molar-refractivity contribution in [2.45, 2.75) is 44.7 Å². The van der Waals surface area contributed by atoms with Crippen LogP contribution in [0.3, 0.4) is 0 Å². The SMILES string of the molecule is COC(=O)CCC(=O)N1C(Cc2ccccc2)COCC1(C)C. The topological polar surface area (TPSA) is 55.8 Å². The first-order chi connectivity index (χ1) is 10.9. The van der Waals surface area contributed by atoms with E-state index in [-0.39, 0.29) is 36.3 Å². The van der Waals surface area contributed by atoms with Crippen LogP contribution in [0.4, 0.5) is 0 Å². The lowest BCUT2D eigenvalue weighted by Crippen LogP contribution is -2.61. The molecule has 0 aromatic heterocycles. The summed E-state index contributed by atoms with van der Waals surface area (Å²) >= 11 is 0. The summed E-state index contributed by atoms with van der Waals surface area (Å²) in [6.07, 6.45) is 1.02. The number of amides is 1. The number of hydrogen-bond donors (Lipinski definition) is 0. The number of methoxy groups -OCH3 is 1. The quantitative estimate of drug-likeness (QED) is 0.781. The van der Waals surface area contributed by atoms with Crippen LogP contribution in [0.5, 0.6) is 0 Å². The third kappa shape index (κ3) is 4.55. The first-order valence-corrected chi connectivity index (χ1v) is 7.94. The van der Waals surface area contributed by atoms with Crippen molar-refractivity contribution in [3.63, 3.8) is 0 Å². The highest BCUT2D eigenvalue weighted by atomic mass is 16.5. The number of carbonyl (C=O) groups excluding carboxylic acids is 2. The van der Waals surface area contributed by atoms with E-state index in [9.17, 15) is 9.59 Å². The van der Waals surface area contributed by atoms with E-state index in [1.807, 2.05) is 36.9 Å². The molecule has 2 rings (SSSR count). The predicted octanol–water partition coefficient (Wildman–Crippen LogP) is 2.19. The van der Waals surface area contributed by atoms with Crippen molar-refractivity contribution in [2.24, 2.45) is 0 Å². The van der Waals surface area contributed by atoms with Crippen molar-refractivity contribution in [1.29, 1.82) is 0 Å². The van der Waals surface area contributed by atoms with Gasteiger partial charge in [0.15, 0.2) is 0 Å². The summed E-state index contributed by atoms with van der Waals surface area (Å²) in [5.41, 5.74) is 0.787. The lowest BCUT2D eigenvalue weighted by molar-refractivity contribution is -0.157. The molecule has 0 bridgehead atoms. The number of benzene rings is 1. The number of esters is 1. The maximum Gasteiger partial charge on any atom is 0.306 e. The van der Waals surface area contributed by atoms with Crippen molar-refractivity contribution < 1.29 is 19.1 Å². The molecule has 0 N–H and O–H groups in total. The number of morpholine rings is 1. The zero-order valence-electron chi connectivity index (χ0n) is 14.1. The average molecular weight is 319 g/mol. The summed E-state index contributed by atoms with van der Waals surface area (Å²) in [7, 11) is 1.34. The molecule has 126 valence electrons. The highest BCUT2D eigenvalue weighted by molar-refractivity contribution is 5.82. The minimum Gasteiger partial charge on any atom is -0.469 e. The first kappa shape index (κ1) is 17.5. The smallest absolute Gasteiger partial charge is 0.306 e. The lowest BCUT2D eigenvalue weighted by atomic mass is 9.94. The number of carbonyl (C=O) groups is 2. The standard InChI is InChI=1S/C18H25NO4/c1-18(2)13-23-12-15(11-14-7-5-4-6-8-14)19(18)16(20)9-10-17(21)22-3/h4-8,15H,9-13H2,1-3H3. The maximum absolute atomic E-state index is 12.7. The van der Waals surface area contributed by atoms with Gasteiger partial charge in [0.25, 0.3) is 0 Å². The Labute approximate surface area is 137 Å². The minimum absolute atomic E-state index is 0.0219. The van der Waals surface area contributed by atoms with Crippen LogP contribution < -0.4 is 0 Å². The van der Waals surface area contributed by atoms with E-state index in [4.69, 9.17) is 4.74 Å². The Hall–Kier alpha value is -1.88. The normalized spacial score (nSPS) is 20.1. The molecule has 23 heavy (non-hydrogen) atoms. The van der Waals surface area contributed by atoms with Gasteiger partial charge in [-0.05, 0) is 25.8 Å². The number of nitrogens with zero attached hydrogens (tertiary/aromatic N) is 1. The third-order valence-electron chi connectivity index (χ3n) is 4.14. The maximum atomic E-state index is 12.7. The third-order valence-corrected chi connectivity index (χ3v) is 4.14. The molecular weight excluding hydrogens is 294 g/mol. The largest absolute Gasteiger partial charge is 0.469 e. The molecule has 1 heterocycles. The van der Waals surface area contributed by atoms with Gasteiger partial charge in [0.2, 0.25) is 5.91 Å². The van der Waals surface area contributed by atoms with E-state index >= 15 is 0 Å². The average Bonchev–Trinajstić information content (AvgIpc) is 2.52. The van der Waals surface area contributed by atoms with Crippen molar-refractivity contribution in [3.8, 4) is 0 Å². The van der Waals surface area contributed by atoms with Crippen LogP contribution in [0.1, 0.15) is 32.3 Å². The Morgan fingerprint density at radius 2 is 1.96 bits per heavy atom. The molecule has 0 aliphatic carbocycles. The van der Waals surface area contributed by atoms with Gasteiger partial charge < -0.3 is 14.4 Å². The van der Waals surface area contributed by atoms with Crippen molar-refractivity contribution in [1.82, 2.24) is 4.90 Å². The van der Waals surface area contributed by atoms with Gasteiger partial charge in [-0.25, -0.2) is 0 Å². The molecule has 1 aliphatic rings. The number of hydrogen-bond acceptors (Lipinski definition) is 4. The summed E-state index contributed by atoms with van der Waals surface area (Å²) < 4.78 is 10.3. The second-order valence-electron chi connectivity index (χ2n) is 6.51. The van der Waals surface area contributed by atoms with E-state index in [1.165, 1.54) is 12.7 Å². The molecular formula is C18H25NO4. The molecule has 0 saturated carbocycles. The molecule has 1 unspecified atom stereocenters. The fourth-order valence-corrected chi connectivity index (χ4v) is 3.09. The molecule has 1 saturated heterocycles. The fourth-order valence-electron chi connectivity index (χ4n) is 3.09. The van der Waals surface area contributed by atoms with Gasteiger partial charge in [-0.15, -0.1) is 0 Å². The molecule has 1 amide bonds. The highest BCUT2D eigenvalue weighted by Gasteiger charge is 2.40. The van der Waals surface area contributed by atoms with Gasteiger partial charge in [-0.3, -0.25) is 9.59 Å². The van der Waals surface area contributed by atoms with Gasteiger partial charge in [-0.1, -0.05) is 30.3 Å². The van der Waals surface area contributed by atoms with Gasteiger partial charge >= 0.3 is 5.97 Å².